The smallest absolute Gasteiger partial charge is 0.310 e. The molecule has 0 aliphatic carbocycles. The number of Topliss-reactive ketones (excluding diaryl/α,β-unsaturated/α-hetero) is 1. The number of aryl methyl sites for hydroxylation is 1. The molecule has 1 saturated heterocycles. The zero-order valence-corrected chi connectivity index (χ0v) is 21.0. The predicted octanol–water partition coefficient (Wildman–Crippen LogP) is 4.61. The third-order valence-corrected chi connectivity index (χ3v) is 6.94. The van der Waals surface area contributed by atoms with E-state index in [1.807, 2.05) is 0 Å². The normalized spacial score (nSPS) is 20.5. The van der Waals surface area contributed by atoms with Gasteiger partial charge in [0.1, 0.15) is 17.2 Å². The SMILES string of the molecule is CCOC(=O)C1CCCN(Cc2c(O)cc(C)c3c2O/C(=C\c2cc(Cl)cc4c2OCOC4)C3=O)C1. The highest BCUT2D eigenvalue weighted by molar-refractivity contribution is 6.31. The van der Waals surface area contributed by atoms with E-state index in [0.29, 0.717) is 65.1 Å². The quantitative estimate of drug-likeness (QED) is 0.457. The molecule has 1 N–H and O–H groups in total. The fraction of sp³-hybridized carbons (Fsp3) is 0.407. The molecule has 0 bridgehead atoms. The van der Waals surface area contributed by atoms with E-state index in [0.717, 1.165) is 24.9 Å². The Morgan fingerprint density at radius 3 is 2.94 bits per heavy atom. The molecule has 1 atom stereocenters. The van der Waals surface area contributed by atoms with Gasteiger partial charge in [0.05, 0.1) is 30.3 Å². The molecule has 1 unspecified atom stereocenters. The molecule has 9 heteroatoms. The topological polar surface area (TPSA) is 94.5 Å². The first-order valence-corrected chi connectivity index (χ1v) is 12.4. The Morgan fingerprint density at radius 2 is 2.14 bits per heavy atom. The molecule has 0 amide bonds. The monoisotopic (exact) mass is 513 g/mol. The van der Waals surface area contributed by atoms with Crippen molar-refractivity contribution < 1.29 is 33.6 Å². The summed E-state index contributed by atoms with van der Waals surface area (Å²) in [5.74, 6) is 0.449. The zero-order valence-electron chi connectivity index (χ0n) is 20.3. The van der Waals surface area contributed by atoms with Gasteiger partial charge >= 0.3 is 5.97 Å². The summed E-state index contributed by atoms with van der Waals surface area (Å²) >= 11 is 6.29. The summed E-state index contributed by atoms with van der Waals surface area (Å²) in [5.41, 5.74) is 2.98. The number of carbonyl (C=O) groups is 2. The number of phenolic OH excluding ortho intramolecular Hbond substituents is 1. The van der Waals surface area contributed by atoms with Crippen molar-refractivity contribution in [3.63, 3.8) is 0 Å². The molecule has 0 aromatic heterocycles. The minimum Gasteiger partial charge on any atom is -0.507 e. The number of carbonyl (C=O) groups excluding carboxylic acids is 2. The van der Waals surface area contributed by atoms with Crippen LogP contribution in [0.3, 0.4) is 0 Å². The van der Waals surface area contributed by atoms with Crippen LogP contribution in [0.2, 0.25) is 5.02 Å². The summed E-state index contributed by atoms with van der Waals surface area (Å²) in [7, 11) is 0. The molecule has 0 spiro atoms. The van der Waals surface area contributed by atoms with Gasteiger partial charge in [0.15, 0.2) is 12.6 Å². The standard InChI is InChI=1S/C27H28ClNO7/c1-3-34-27(32)16-5-4-6-29(11-16)12-20-21(30)7-15(2)23-24(31)22(36-26(20)23)10-17-8-19(28)9-18-13-33-14-35-25(17)18/h7-10,16,30H,3-6,11-14H2,1-2H3/b22-10-. The highest BCUT2D eigenvalue weighted by atomic mass is 35.5. The second kappa shape index (κ2) is 10.1. The first-order valence-electron chi connectivity index (χ1n) is 12.1. The van der Waals surface area contributed by atoms with Crippen LogP contribution in [0.1, 0.15) is 52.4 Å². The molecular weight excluding hydrogens is 486 g/mol. The number of ether oxygens (including phenoxy) is 4. The van der Waals surface area contributed by atoms with E-state index in [2.05, 4.69) is 4.90 Å². The molecule has 190 valence electrons. The maximum absolute atomic E-state index is 13.4. The number of fused-ring (bicyclic) bond motifs is 2. The summed E-state index contributed by atoms with van der Waals surface area (Å²) in [6.07, 6.45) is 3.23. The van der Waals surface area contributed by atoms with E-state index in [-0.39, 0.29) is 36.0 Å². The number of rotatable bonds is 5. The Hall–Kier alpha value is -3.07. The first-order chi connectivity index (χ1) is 17.4. The molecule has 3 aliphatic rings. The van der Waals surface area contributed by atoms with Crippen molar-refractivity contribution in [3.05, 3.63) is 56.8 Å². The molecule has 2 aromatic rings. The minimum absolute atomic E-state index is 0.0548. The Morgan fingerprint density at radius 1 is 1.31 bits per heavy atom. The molecule has 2 aromatic carbocycles. The molecule has 0 radical (unpaired) electrons. The Balaban J connectivity index is 1.45. The van der Waals surface area contributed by atoms with E-state index in [1.165, 1.54) is 0 Å². The van der Waals surface area contributed by atoms with E-state index < -0.39 is 0 Å². The van der Waals surface area contributed by atoms with Crippen molar-refractivity contribution in [1.82, 2.24) is 4.90 Å². The van der Waals surface area contributed by atoms with Gasteiger partial charge in [-0.05, 0) is 63.1 Å². The fourth-order valence-electron chi connectivity index (χ4n) is 5.07. The number of nitrogens with zero attached hydrogens (tertiary/aromatic N) is 1. The van der Waals surface area contributed by atoms with Gasteiger partial charge in [-0.25, -0.2) is 0 Å². The van der Waals surface area contributed by atoms with E-state index in [4.69, 9.17) is 30.5 Å². The van der Waals surface area contributed by atoms with Crippen LogP contribution in [0.25, 0.3) is 6.08 Å². The second-order valence-electron chi connectivity index (χ2n) is 9.26. The lowest BCUT2D eigenvalue weighted by atomic mass is 9.96. The number of likely N-dealkylation sites (tertiary alicyclic amines) is 1. The second-order valence-corrected chi connectivity index (χ2v) is 9.69. The van der Waals surface area contributed by atoms with Crippen LogP contribution in [0, 0.1) is 12.8 Å². The summed E-state index contributed by atoms with van der Waals surface area (Å²) < 4.78 is 22.3. The highest BCUT2D eigenvalue weighted by Crippen LogP contribution is 2.43. The number of esters is 1. The Labute approximate surface area is 214 Å². The molecule has 1 fully saturated rings. The van der Waals surface area contributed by atoms with Crippen LogP contribution in [0.4, 0.5) is 0 Å². The van der Waals surface area contributed by atoms with Crippen LogP contribution in [-0.4, -0.2) is 48.2 Å². The van der Waals surface area contributed by atoms with Crippen molar-refractivity contribution in [3.8, 4) is 17.2 Å². The third kappa shape index (κ3) is 4.68. The van der Waals surface area contributed by atoms with Crippen molar-refractivity contribution in [2.24, 2.45) is 5.92 Å². The third-order valence-electron chi connectivity index (χ3n) is 6.72. The lowest BCUT2D eigenvalue weighted by Gasteiger charge is -2.31. The number of halogens is 1. The van der Waals surface area contributed by atoms with Crippen LogP contribution in [0.15, 0.2) is 24.0 Å². The minimum atomic E-state index is -0.271. The summed E-state index contributed by atoms with van der Waals surface area (Å²) in [6, 6.07) is 5.08. The van der Waals surface area contributed by atoms with E-state index in [1.54, 1.807) is 38.1 Å². The van der Waals surface area contributed by atoms with Crippen molar-refractivity contribution in [2.45, 2.75) is 39.8 Å². The van der Waals surface area contributed by atoms with Crippen molar-refractivity contribution in [2.75, 3.05) is 26.5 Å². The summed E-state index contributed by atoms with van der Waals surface area (Å²) in [4.78, 5) is 27.8. The number of aromatic hydroxyl groups is 1. The number of hydrogen-bond donors (Lipinski definition) is 1. The molecule has 5 rings (SSSR count). The molecule has 36 heavy (non-hydrogen) atoms. The molecule has 3 aliphatic heterocycles. The molecule has 3 heterocycles. The number of benzene rings is 2. The maximum Gasteiger partial charge on any atom is 0.310 e. The molecule has 0 saturated carbocycles. The lowest BCUT2D eigenvalue weighted by Crippen LogP contribution is -2.39. The van der Waals surface area contributed by atoms with Crippen molar-refractivity contribution >= 4 is 29.4 Å². The first kappa shape index (κ1) is 24.6. The van der Waals surface area contributed by atoms with Crippen LogP contribution in [-0.2, 0) is 27.4 Å². The average molecular weight is 514 g/mol. The largest absolute Gasteiger partial charge is 0.507 e. The number of phenols is 1. The van der Waals surface area contributed by atoms with Gasteiger partial charge in [0.2, 0.25) is 5.78 Å². The summed E-state index contributed by atoms with van der Waals surface area (Å²) in [6.45, 7) is 6.02. The highest BCUT2D eigenvalue weighted by Gasteiger charge is 2.35. The van der Waals surface area contributed by atoms with Gasteiger partial charge in [-0.1, -0.05) is 11.6 Å². The zero-order chi connectivity index (χ0) is 25.4. The number of piperidine rings is 1. The van der Waals surface area contributed by atoms with Crippen LogP contribution in [0.5, 0.6) is 17.2 Å². The Bertz CT molecular complexity index is 1260. The number of allylic oxidation sites excluding steroid dienone is 1. The fourth-order valence-corrected chi connectivity index (χ4v) is 5.31. The summed E-state index contributed by atoms with van der Waals surface area (Å²) in [5, 5.41) is 11.3. The van der Waals surface area contributed by atoms with Crippen molar-refractivity contribution in [1.29, 1.82) is 0 Å². The lowest BCUT2D eigenvalue weighted by molar-refractivity contribution is -0.150. The molecular formula is C27H28ClNO7. The Kier molecular flexibility index (Phi) is 6.92. The predicted molar refractivity (Wildman–Crippen MR) is 132 cm³/mol. The van der Waals surface area contributed by atoms with Gasteiger partial charge in [0.25, 0.3) is 0 Å². The number of ketones is 1. The van der Waals surface area contributed by atoms with Gasteiger partial charge in [-0.3, -0.25) is 14.5 Å². The van der Waals surface area contributed by atoms with Gasteiger partial charge < -0.3 is 24.1 Å². The van der Waals surface area contributed by atoms with E-state index >= 15 is 0 Å². The van der Waals surface area contributed by atoms with Gasteiger partial charge in [-0.2, -0.15) is 0 Å². The van der Waals surface area contributed by atoms with Crippen LogP contribution >= 0.6 is 11.6 Å². The maximum atomic E-state index is 13.4. The van der Waals surface area contributed by atoms with Gasteiger partial charge in [-0.15, -0.1) is 0 Å². The van der Waals surface area contributed by atoms with E-state index in [9.17, 15) is 14.7 Å². The molecule has 8 nitrogen and oxygen atoms in total. The average Bonchev–Trinajstić information content (AvgIpc) is 3.18. The van der Waals surface area contributed by atoms with Crippen LogP contribution < -0.4 is 9.47 Å². The number of hydrogen-bond acceptors (Lipinski definition) is 8. The van der Waals surface area contributed by atoms with Gasteiger partial charge in [0, 0.05) is 29.2 Å².